The molecule has 1 aliphatic rings. The molecule has 0 spiro atoms. The first-order chi connectivity index (χ1) is 7.32. The second-order valence-electron chi connectivity index (χ2n) is 6.72. The number of rotatable bonds is 7. The third kappa shape index (κ3) is 4.84. The first-order valence-corrected chi connectivity index (χ1v) is 6.75. The number of nitrogens with zero attached hydrogens (tertiary/aromatic N) is 1. The van der Waals surface area contributed by atoms with E-state index < -0.39 is 0 Å². The number of hydrogen-bond donors (Lipinski definition) is 1. The van der Waals surface area contributed by atoms with Crippen molar-refractivity contribution in [2.24, 2.45) is 11.3 Å². The molecule has 0 heterocycles. The minimum Gasteiger partial charge on any atom is -0.313 e. The highest BCUT2D eigenvalue weighted by atomic mass is 15.1. The van der Waals surface area contributed by atoms with Crippen molar-refractivity contribution in [3.05, 3.63) is 0 Å². The van der Waals surface area contributed by atoms with Gasteiger partial charge in [0.05, 0.1) is 0 Å². The number of hydrogen-bond acceptors (Lipinski definition) is 2. The lowest BCUT2D eigenvalue weighted by Gasteiger charge is -2.35. The smallest absolute Gasteiger partial charge is 0.00871 e. The van der Waals surface area contributed by atoms with Crippen molar-refractivity contribution in [2.45, 2.75) is 59.5 Å². The van der Waals surface area contributed by atoms with E-state index in [0.717, 1.165) is 18.5 Å². The summed E-state index contributed by atoms with van der Waals surface area (Å²) < 4.78 is 0. The van der Waals surface area contributed by atoms with Gasteiger partial charge in [-0.15, -0.1) is 0 Å². The molecule has 0 aromatic heterocycles. The van der Waals surface area contributed by atoms with Gasteiger partial charge in [0, 0.05) is 25.2 Å². The normalized spacial score (nSPS) is 19.5. The Balaban J connectivity index is 2.31. The van der Waals surface area contributed by atoms with Crippen LogP contribution in [0.4, 0.5) is 0 Å². The largest absolute Gasteiger partial charge is 0.313 e. The van der Waals surface area contributed by atoms with Crippen LogP contribution >= 0.6 is 0 Å². The van der Waals surface area contributed by atoms with Gasteiger partial charge in [-0.05, 0) is 38.1 Å². The predicted molar refractivity (Wildman–Crippen MR) is 71.7 cm³/mol. The summed E-state index contributed by atoms with van der Waals surface area (Å²) in [6, 6.07) is 1.49. The lowest BCUT2D eigenvalue weighted by atomic mass is 9.91. The van der Waals surface area contributed by atoms with Gasteiger partial charge in [0.15, 0.2) is 0 Å². The molecule has 1 unspecified atom stereocenters. The quantitative estimate of drug-likeness (QED) is 0.718. The lowest BCUT2D eigenvalue weighted by Crippen LogP contribution is -2.44. The van der Waals surface area contributed by atoms with Gasteiger partial charge in [-0.2, -0.15) is 0 Å². The summed E-state index contributed by atoms with van der Waals surface area (Å²) in [6.07, 6.45) is 2.77. The maximum Gasteiger partial charge on any atom is 0.00871 e. The standard InChI is InChI=1S/C14H30N2/c1-11(2)12(3)16(6)10-14(4,5)9-15-13-7-8-13/h11-13,15H,7-10H2,1-6H3. The Kier molecular flexibility index (Phi) is 4.81. The summed E-state index contributed by atoms with van der Waals surface area (Å²) in [4.78, 5) is 2.50. The van der Waals surface area contributed by atoms with Crippen molar-refractivity contribution in [1.29, 1.82) is 0 Å². The Morgan fingerprint density at radius 2 is 1.81 bits per heavy atom. The average molecular weight is 226 g/mol. The van der Waals surface area contributed by atoms with Crippen molar-refractivity contribution in [3.63, 3.8) is 0 Å². The van der Waals surface area contributed by atoms with Crippen LogP contribution in [-0.4, -0.2) is 37.1 Å². The molecule has 1 fully saturated rings. The van der Waals surface area contributed by atoms with E-state index in [1.165, 1.54) is 19.4 Å². The van der Waals surface area contributed by atoms with Crippen LogP contribution in [0.3, 0.4) is 0 Å². The molecule has 0 bridgehead atoms. The SMILES string of the molecule is CC(C)C(C)N(C)CC(C)(C)CNC1CC1. The molecule has 1 saturated carbocycles. The lowest BCUT2D eigenvalue weighted by molar-refractivity contribution is 0.139. The number of nitrogens with one attached hydrogen (secondary N) is 1. The molecule has 1 atom stereocenters. The topological polar surface area (TPSA) is 15.3 Å². The second-order valence-corrected chi connectivity index (χ2v) is 6.72. The van der Waals surface area contributed by atoms with E-state index in [4.69, 9.17) is 0 Å². The van der Waals surface area contributed by atoms with Gasteiger partial charge in [0.2, 0.25) is 0 Å². The zero-order chi connectivity index (χ0) is 12.3. The molecule has 0 aromatic carbocycles. The first kappa shape index (κ1) is 14.0. The van der Waals surface area contributed by atoms with Crippen molar-refractivity contribution < 1.29 is 0 Å². The van der Waals surface area contributed by atoms with E-state index in [2.05, 4.69) is 51.9 Å². The molecule has 0 saturated heterocycles. The highest BCUT2D eigenvalue weighted by Crippen LogP contribution is 2.23. The Bertz CT molecular complexity index is 207. The zero-order valence-corrected chi connectivity index (χ0v) is 12.0. The third-order valence-electron chi connectivity index (χ3n) is 3.78. The molecule has 0 radical (unpaired) electrons. The molecule has 0 amide bonds. The van der Waals surface area contributed by atoms with E-state index in [9.17, 15) is 0 Å². The summed E-state index contributed by atoms with van der Waals surface area (Å²) in [7, 11) is 2.25. The molecule has 1 aliphatic carbocycles. The molecule has 96 valence electrons. The highest BCUT2D eigenvalue weighted by Gasteiger charge is 2.27. The van der Waals surface area contributed by atoms with E-state index in [0.29, 0.717) is 11.5 Å². The van der Waals surface area contributed by atoms with Gasteiger partial charge in [-0.3, -0.25) is 0 Å². The minimum absolute atomic E-state index is 0.375. The molecule has 16 heavy (non-hydrogen) atoms. The maximum atomic E-state index is 3.64. The maximum absolute atomic E-state index is 3.64. The van der Waals surface area contributed by atoms with Crippen LogP contribution in [0.1, 0.15) is 47.5 Å². The van der Waals surface area contributed by atoms with Gasteiger partial charge in [0.25, 0.3) is 0 Å². The second kappa shape index (κ2) is 5.50. The van der Waals surface area contributed by atoms with Crippen molar-refractivity contribution >= 4 is 0 Å². The molecule has 2 heteroatoms. The van der Waals surface area contributed by atoms with Crippen LogP contribution in [0.25, 0.3) is 0 Å². The Labute approximate surface area is 102 Å². The Morgan fingerprint density at radius 3 is 2.25 bits per heavy atom. The molecule has 0 aliphatic heterocycles. The van der Waals surface area contributed by atoms with E-state index >= 15 is 0 Å². The fourth-order valence-corrected chi connectivity index (χ4v) is 2.09. The molecule has 0 aromatic rings. The monoisotopic (exact) mass is 226 g/mol. The third-order valence-corrected chi connectivity index (χ3v) is 3.78. The molecule has 1 N–H and O–H groups in total. The van der Waals surface area contributed by atoms with E-state index in [1.807, 2.05) is 0 Å². The molecule has 2 nitrogen and oxygen atoms in total. The van der Waals surface area contributed by atoms with E-state index in [1.54, 1.807) is 0 Å². The van der Waals surface area contributed by atoms with Gasteiger partial charge < -0.3 is 10.2 Å². The predicted octanol–water partition coefficient (Wildman–Crippen LogP) is 2.74. The molecular weight excluding hydrogens is 196 g/mol. The zero-order valence-electron chi connectivity index (χ0n) is 12.0. The Morgan fingerprint density at radius 1 is 1.25 bits per heavy atom. The van der Waals surface area contributed by atoms with Crippen LogP contribution in [0.5, 0.6) is 0 Å². The van der Waals surface area contributed by atoms with Crippen molar-refractivity contribution in [3.8, 4) is 0 Å². The first-order valence-electron chi connectivity index (χ1n) is 6.75. The van der Waals surface area contributed by atoms with E-state index in [-0.39, 0.29) is 0 Å². The van der Waals surface area contributed by atoms with Gasteiger partial charge in [-0.1, -0.05) is 27.7 Å². The highest BCUT2D eigenvalue weighted by molar-refractivity contribution is 4.85. The fraction of sp³-hybridized carbons (Fsp3) is 1.00. The van der Waals surface area contributed by atoms with Crippen LogP contribution in [0, 0.1) is 11.3 Å². The van der Waals surface area contributed by atoms with Gasteiger partial charge in [0.1, 0.15) is 0 Å². The summed E-state index contributed by atoms with van der Waals surface area (Å²) >= 11 is 0. The fourth-order valence-electron chi connectivity index (χ4n) is 2.09. The van der Waals surface area contributed by atoms with Gasteiger partial charge >= 0.3 is 0 Å². The van der Waals surface area contributed by atoms with Crippen molar-refractivity contribution in [2.75, 3.05) is 20.1 Å². The minimum atomic E-state index is 0.375. The van der Waals surface area contributed by atoms with Gasteiger partial charge in [-0.25, -0.2) is 0 Å². The summed E-state index contributed by atoms with van der Waals surface area (Å²) in [6.45, 7) is 14.0. The van der Waals surface area contributed by atoms with Crippen LogP contribution in [0.15, 0.2) is 0 Å². The van der Waals surface area contributed by atoms with Crippen LogP contribution < -0.4 is 5.32 Å². The van der Waals surface area contributed by atoms with Crippen LogP contribution in [0.2, 0.25) is 0 Å². The average Bonchev–Trinajstić information content (AvgIpc) is 2.96. The van der Waals surface area contributed by atoms with Crippen LogP contribution in [-0.2, 0) is 0 Å². The molecule has 1 rings (SSSR count). The summed E-state index contributed by atoms with van der Waals surface area (Å²) in [5, 5.41) is 3.64. The summed E-state index contributed by atoms with van der Waals surface area (Å²) in [5.41, 5.74) is 0.375. The Hall–Kier alpha value is -0.0800. The summed E-state index contributed by atoms with van der Waals surface area (Å²) in [5.74, 6) is 0.734. The van der Waals surface area contributed by atoms with Crippen molar-refractivity contribution in [1.82, 2.24) is 10.2 Å². The molecular formula is C14H30N2.